The Kier molecular flexibility index (Phi) is 6.30. The molecule has 2 aromatic carbocycles. The van der Waals surface area contributed by atoms with E-state index in [1.165, 1.54) is 6.07 Å². The number of aromatic hydroxyl groups is 1. The number of benzene rings is 2. The maximum Gasteiger partial charge on any atom is 0.341 e. The molecule has 2 aromatic heterocycles. The monoisotopic (exact) mass is 489 g/mol. The third kappa shape index (κ3) is 4.60. The first-order chi connectivity index (χ1) is 17.3. The Labute approximate surface area is 208 Å². The number of halogens is 1. The SMILES string of the molecule is CC(C)CCOC(=O)c1cnn(-c2cccc(-c3cccc(O)c3F)c2)c1C1CC1c1cn(C)nn1. The first-order valence-electron chi connectivity index (χ1n) is 12.0. The second-order valence-corrected chi connectivity index (χ2v) is 9.63. The van der Waals surface area contributed by atoms with Crippen LogP contribution in [0.5, 0.6) is 5.75 Å². The molecule has 1 fully saturated rings. The van der Waals surface area contributed by atoms with Crippen molar-refractivity contribution < 1.29 is 19.0 Å². The summed E-state index contributed by atoms with van der Waals surface area (Å²) in [5.74, 6) is -0.952. The molecule has 36 heavy (non-hydrogen) atoms. The number of phenols is 1. The predicted octanol–water partition coefficient (Wildman–Crippen LogP) is 4.99. The fourth-order valence-corrected chi connectivity index (χ4v) is 4.45. The minimum absolute atomic E-state index is 0.0120. The number of hydrogen-bond acceptors (Lipinski definition) is 6. The van der Waals surface area contributed by atoms with Crippen molar-refractivity contribution in [2.24, 2.45) is 13.0 Å². The molecule has 5 rings (SSSR count). The van der Waals surface area contributed by atoms with Gasteiger partial charge in [-0.05, 0) is 42.5 Å². The van der Waals surface area contributed by atoms with Gasteiger partial charge in [0.1, 0.15) is 5.56 Å². The van der Waals surface area contributed by atoms with Crippen LogP contribution in [0.2, 0.25) is 0 Å². The molecule has 0 spiro atoms. The van der Waals surface area contributed by atoms with E-state index in [1.54, 1.807) is 45.9 Å². The molecule has 2 atom stereocenters. The third-order valence-electron chi connectivity index (χ3n) is 6.48. The molecule has 0 saturated heterocycles. The Hall–Kier alpha value is -4.01. The fourth-order valence-electron chi connectivity index (χ4n) is 4.45. The molecular formula is C27H28FN5O3. The molecule has 0 bridgehead atoms. The second-order valence-electron chi connectivity index (χ2n) is 9.63. The van der Waals surface area contributed by atoms with Crippen molar-refractivity contribution >= 4 is 5.97 Å². The Bertz CT molecular complexity index is 1410. The number of esters is 1. The van der Waals surface area contributed by atoms with Crippen LogP contribution in [-0.2, 0) is 11.8 Å². The smallest absolute Gasteiger partial charge is 0.341 e. The van der Waals surface area contributed by atoms with Gasteiger partial charge in [-0.25, -0.2) is 13.9 Å². The van der Waals surface area contributed by atoms with Crippen LogP contribution in [0, 0.1) is 11.7 Å². The Morgan fingerprint density at radius 1 is 1.22 bits per heavy atom. The summed E-state index contributed by atoms with van der Waals surface area (Å²) >= 11 is 0. The van der Waals surface area contributed by atoms with Crippen LogP contribution >= 0.6 is 0 Å². The summed E-state index contributed by atoms with van der Waals surface area (Å²) in [7, 11) is 1.82. The van der Waals surface area contributed by atoms with Gasteiger partial charge in [-0.3, -0.25) is 4.68 Å². The number of phenolic OH excluding ortho intramolecular Hbond substituents is 1. The number of rotatable bonds is 8. The summed E-state index contributed by atoms with van der Waals surface area (Å²) in [6, 6.07) is 11.7. The van der Waals surface area contributed by atoms with Crippen LogP contribution in [0.1, 0.15) is 60.3 Å². The lowest BCUT2D eigenvalue weighted by Crippen LogP contribution is -2.11. The summed E-state index contributed by atoms with van der Waals surface area (Å²) in [4.78, 5) is 13.1. The van der Waals surface area contributed by atoms with Crippen LogP contribution in [0.15, 0.2) is 54.9 Å². The minimum Gasteiger partial charge on any atom is -0.505 e. The van der Waals surface area contributed by atoms with Crippen LogP contribution in [-0.4, -0.2) is 42.5 Å². The number of carbonyl (C=O) groups excluding carboxylic acids is 1. The van der Waals surface area contributed by atoms with Crippen molar-refractivity contribution in [2.45, 2.75) is 38.5 Å². The van der Waals surface area contributed by atoms with Crippen LogP contribution in [0.25, 0.3) is 16.8 Å². The van der Waals surface area contributed by atoms with Crippen molar-refractivity contribution in [3.05, 3.63) is 77.6 Å². The van der Waals surface area contributed by atoms with Gasteiger partial charge in [0.05, 0.1) is 29.9 Å². The summed E-state index contributed by atoms with van der Waals surface area (Å²) in [6.45, 7) is 4.50. The van der Waals surface area contributed by atoms with E-state index in [0.717, 1.165) is 24.2 Å². The van der Waals surface area contributed by atoms with E-state index in [2.05, 4.69) is 29.3 Å². The van der Waals surface area contributed by atoms with E-state index >= 15 is 0 Å². The largest absolute Gasteiger partial charge is 0.505 e. The van der Waals surface area contributed by atoms with Gasteiger partial charge < -0.3 is 9.84 Å². The zero-order chi connectivity index (χ0) is 25.4. The summed E-state index contributed by atoms with van der Waals surface area (Å²) in [5, 5.41) is 22.7. The molecule has 1 aliphatic carbocycles. The van der Waals surface area contributed by atoms with Crippen molar-refractivity contribution in [2.75, 3.05) is 6.61 Å². The predicted molar refractivity (Wildman–Crippen MR) is 131 cm³/mol. The molecule has 0 radical (unpaired) electrons. The van der Waals surface area contributed by atoms with Gasteiger partial charge in [-0.15, -0.1) is 5.10 Å². The quantitative estimate of drug-likeness (QED) is 0.351. The Balaban J connectivity index is 1.53. The van der Waals surface area contributed by atoms with Gasteiger partial charge in [0, 0.05) is 30.6 Å². The van der Waals surface area contributed by atoms with Crippen LogP contribution < -0.4 is 0 Å². The highest BCUT2D eigenvalue weighted by Crippen LogP contribution is 2.55. The summed E-state index contributed by atoms with van der Waals surface area (Å²) < 4.78 is 23.6. The standard InChI is InChI=1S/C27H28FN5O3/c1-16(2)10-11-36-27(35)22-14-29-33(26(22)21-13-20(21)23-15-32(3)31-30-23)18-7-4-6-17(12-18)19-8-5-9-24(34)25(19)28/h4-9,12,14-16,20-21,34H,10-11,13H2,1-3H3. The van der Waals surface area contributed by atoms with Gasteiger partial charge in [-0.2, -0.15) is 5.10 Å². The summed E-state index contributed by atoms with van der Waals surface area (Å²) in [6.07, 6.45) is 5.01. The lowest BCUT2D eigenvalue weighted by Gasteiger charge is -2.12. The highest BCUT2D eigenvalue weighted by atomic mass is 19.1. The van der Waals surface area contributed by atoms with E-state index in [-0.39, 0.29) is 17.4 Å². The van der Waals surface area contributed by atoms with E-state index in [1.807, 2.05) is 19.3 Å². The van der Waals surface area contributed by atoms with Crippen LogP contribution in [0.4, 0.5) is 4.39 Å². The van der Waals surface area contributed by atoms with Gasteiger partial charge in [0.2, 0.25) is 0 Å². The molecule has 1 N–H and O–H groups in total. The number of nitrogens with zero attached hydrogens (tertiary/aromatic N) is 5. The van der Waals surface area contributed by atoms with Crippen molar-refractivity contribution in [3.8, 4) is 22.6 Å². The number of aromatic nitrogens is 5. The molecule has 0 aliphatic heterocycles. The maximum atomic E-state index is 14.6. The average molecular weight is 490 g/mol. The van der Waals surface area contributed by atoms with Crippen molar-refractivity contribution in [1.82, 2.24) is 24.8 Å². The van der Waals surface area contributed by atoms with Crippen molar-refractivity contribution in [1.29, 1.82) is 0 Å². The number of hydrogen-bond donors (Lipinski definition) is 1. The summed E-state index contributed by atoms with van der Waals surface area (Å²) in [5.41, 5.74) is 3.58. The van der Waals surface area contributed by atoms with Gasteiger partial charge in [0.15, 0.2) is 11.6 Å². The lowest BCUT2D eigenvalue weighted by molar-refractivity contribution is 0.0486. The molecule has 1 aliphatic rings. The molecule has 2 unspecified atom stereocenters. The molecule has 0 amide bonds. The molecule has 4 aromatic rings. The zero-order valence-electron chi connectivity index (χ0n) is 20.4. The first kappa shape index (κ1) is 23.7. The maximum absolute atomic E-state index is 14.6. The minimum atomic E-state index is -0.685. The van der Waals surface area contributed by atoms with E-state index in [0.29, 0.717) is 29.3 Å². The normalized spacial score (nSPS) is 16.9. The van der Waals surface area contributed by atoms with E-state index < -0.39 is 17.5 Å². The number of carbonyl (C=O) groups is 1. The highest BCUT2D eigenvalue weighted by molar-refractivity contribution is 5.91. The van der Waals surface area contributed by atoms with E-state index in [9.17, 15) is 14.3 Å². The van der Waals surface area contributed by atoms with Crippen LogP contribution in [0.3, 0.4) is 0 Å². The molecule has 8 nitrogen and oxygen atoms in total. The third-order valence-corrected chi connectivity index (χ3v) is 6.48. The van der Waals surface area contributed by atoms with E-state index in [4.69, 9.17) is 4.74 Å². The molecule has 9 heteroatoms. The molecule has 1 saturated carbocycles. The Morgan fingerprint density at radius 3 is 2.78 bits per heavy atom. The number of aryl methyl sites for hydroxylation is 1. The van der Waals surface area contributed by atoms with Gasteiger partial charge in [0.25, 0.3) is 0 Å². The zero-order valence-corrected chi connectivity index (χ0v) is 20.4. The molecular weight excluding hydrogens is 461 g/mol. The second kappa shape index (κ2) is 9.56. The molecule has 186 valence electrons. The lowest BCUT2D eigenvalue weighted by atomic mass is 10.0. The Morgan fingerprint density at radius 2 is 2.03 bits per heavy atom. The topological polar surface area (TPSA) is 95.1 Å². The average Bonchev–Trinajstić information content (AvgIpc) is 3.30. The van der Waals surface area contributed by atoms with Crippen molar-refractivity contribution in [3.63, 3.8) is 0 Å². The first-order valence-corrected chi connectivity index (χ1v) is 12.0. The fraction of sp³-hybridized carbons (Fsp3) is 0.333. The number of ether oxygens (including phenoxy) is 1. The van der Waals surface area contributed by atoms with Gasteiger partial charge in [-0.1, -0.05) is 43.3 Å². The van der Waals surface area contributed by atoms with Gasteiger partial charge >= 0.3 is 5.97 Å². The molecule has 2 heterocycles. The highest BCUT2D eigenvalue weighted by Gasteiger charge is 2.46.